The molecule has 110 valence electrons. The average molecular weight is 285 g/mol. The van der Waals surface area contributed by atoms with Crippen molar-refractivity contribution in [1.29, 1.82) is 0 Å². The number of hydrogen-bond donors (Lipinski definition) is 1. The van der Waals surface area contributed by atoms with E-state index in [0.717, 1.165) is 10.9 Å². The molecule has 2 rings (SSSR count). The lowest BCUT2D eigenvalue weighted by Crippen LogP contribution is -2.41. The first-order chi connectivity index (χ1) is 10.2. The first-order valence-electron chi connectivity index (χ1n) is 6.87. The molecule has 1 aromatic heterocycles. The number of carbonyl (C=O) groups is 2. The van der Waals surface area contributed by atoms with E-state index in [0.29, 0.717) is 6.54 Å². The van der Waals surface area contributed by atoms with Crippen LogP contribution in [0.4, 0.5) is 0 Å². The van der Waals surface area contributed by atoms with Crippen molar-refractivity contribution in [3.8, 4) is 0 Å². The fourth-order valence-electron chi connectivity index (χ4n) is 2.15. The molecule has 0 aliphatic carbocycles. The van der Waals surface area contributed by atoms with Gasteiger partial charge in [0.25, 0.3) is 0 Å². The highest BCUT2D eigenvalue weighted by Gasteiger charge is 2.10. The maximum Gasteiger partial charge on any atom is 0.247 e. The van der Waals surface area contributed by atoms with Gasteiger partial charge in [-0.15, -0.1) is 0 Å². The quantitative estimate of drug-likeness (QED) is 0.649. The van der Waals surface area contributed by atoms with E-state index in [4.69, 9.17) is 0 Å². The summed E-state index contributed by atoms with van der Waals surface area (Å²) in [7, 11) is 0. The highest BCUT2D eigenvalue weighted by Crippen LogP contribution is 2.14. The molecule has 0 atom stereocenters. The SMILES string of the molecule is C=CC(=O)N(CC)CNC(=O)Cn1ccc2ccccc21. The van der Waals surface area contributed by atoms with E-state index in [1.165, 1.54) is 11.0 Å². The van der Waals surface area contributed by atoms with Gasteiger partial charge in [0.15, 0.2) is 0 Å². The van der Waals surface area contributed by atoms with E-state index in [9.17, 15) is 9.59 Å². The van der Waals surface area contributed by atoms with Crippen molar-refractivity contribution in [1.82, 2.24) is 14.8 Å². The van der Waals surface area contributed by atoms with Gasteiger partial charge in [-0.05, 0) is 30.5 Å². The molecule has 0 spiro atoms. The molecule has 0 fully saturated rings. The molecule has 0 radical (unpaired) electrons. The number of fused-ring (bicyclic) bond motifs is 1. The third-order valence-corrected chi connectivity index (χ3v) is 3.33. The third kappa shape index (κ3) is 3.51. The van der Waals surface area contributed by atoms with E-state index in [2.05, 4.69) is 11.9 Å². The molecule has 5 heteroatoms. The van der Waals surface area contributed by atoms with E-state index in [1.807, 2.05) is 48.0 Å². The fraction of sp³-hybridized carbons (Fsp3) is 0.250. The second-order valence-corrected chi connectivity index (χ2v) is 4.66. The minimum Gasteiger partial charge on any atom is -0.338 e. The fourth-order valence-corrected chi connectivity index (χ4v) is 2.15. The number of aromatic nitrogens is 1. The zero-order chi connectivity index (χ0) is 15.2. The molecule has 0 aliphatic heterocycles. The van der Waals surface area contributed by atoms with Gasteiger partial charge in [-0.2, -0.15) is 0 Å². The highest BCUT2D eigenvalue weighted by molar-refractivity contribution is 5.87. The lowest BCUT2D eigenvalue weighted by Gasteiger charge is -2.19. The van der Waals surface area contributed by atoms with E-state index < -0.39 is 0 Å². The minimum absolute atomic E-state index is 0.133. The molecular formula is C16H19N3O2. The summed E-state index contributed by atoms with van der Waals surface area (Å²) >= 11 is 0. The Kier molecular flexibility index (Phi) is 4.77. The second-order valence-electron chi connectivity index (χ2n) is 4.66. The van der Waals surface area contributed by atoms with Crippen molar-refractivity contribution < 1.29 is 9.59 Å². The first-order valence-corrected chi connectivity index (χ1v) is 6.87. The predicted octanol–water partition coefficient (Wildman–Crippen LogP) is 1.75. The van der Waals surface area contributed by atoms with Gasteiger partial charge in [0.05, 0.1) is 6.67 Å². The number of para-hydroxylation sites is 1. The van der Waals surface area contributed by atoms with Crippen LogP contribution >= 0.6 is 0 Å². The Morgan fingerprint density at radius 2 is 2.10 bits per heavy atom. The Hall–Kier alpha value is -2.56. The van der Waals surface area contributed by atoms with Crippen molar-refractivity contribution in [3.05, 3.63) is 49.2 Å². The smallest absolute Gasteiger partial charge is 0.247 e. The molecule has 0 saturated heterocycles. The largest absolute Gasteiger partial charge is 0.338 e. The topological polar surface area (TPSA) is 54.3 Å². The van der Waals surface area contributed by atoms with Crippen LogP contribution in [0, 0.1) is 0 Å². The lowest BCUT2D eigenvalue weighted by molar-refractivity contribution is -0.128. The Balaban J connectivity index is 1.96. The van der Waals surface area contributed by atoms with Gasteiger partial charge in [0.2, 0.25) is 11.8 Å². The molecule has 0 bridgehead atoms. The first kappa shape index (κ1) is 14.8. The van der Waals surface area contributed by atoms with Crippen molar-refractivity contribution in [3.63, 3.8) is 0 Å². The number of likely N-dealkylation sites (N-methyl/N-ethyl adjacent to an activating group) is 1. The highest BCUT2D eigenvalue weighted by atomic mass is 16.2. The standard InChI is InChI=1S/C16H19N3O2/c1-3-16(21)18(4-2)12-17-15(20)11-19-10-9-13-7-5-6-8-14(13)19/h3,5-10H,1,4,11-12H2,2H3,(H,17,20). The van der Waals surface area contributed by atoms with Crippen molar-refractivity contribution in [2.45, 2.75) is 13.5 Å². The second kappa shape index (κ2) is 6.74. The molecule has 0 unspecified atom stereocenters. The van der Waals surface area contributed by atoms with E-state index in [1.54, 1.807) is 0 Å². The molecule has 2 amide bonds. The summed E-state index contributed by atoms with van der Waals surface area (Å²) in [6, 6.07) is 9.86. The molecular weight excluding hydrogens is 266 g/mol. The molecule has 5 nitrogen and oxygen atoms in total. The number of amides is 2. The summed E-state index contributed by atoms with van der Waals surface area (Å²) < 4.78 is 1.89. The molecule has 1 N–H and O–H groups in total. The monoisotopic (exact) mass is 285 g/mol. The van der Waals surface area contributed by atoms with Crippen LogP contribution in [0.1, 0.15) is 6.92 Å². The van der Waals surface area contributed by atoms with E-state index >= 15 is 0 Å². The van der Waals surface area contributed by atoms with Crippen molar-refractivity contribution in [2.75, 3.05) is 13.2 Å². The maximum absolute atomic E-state index is 12.0. The zero-order valence-electron chi connectivity index (χ0n) is 12.1. The summed E-state index contributed by atoms with van der Waals surface area (Å²) in [5, 5.41) is 3.85. The number of rotatable bonds is 6. The van der Waals surface area contributed by atoms with Gasteiger partial charge in [0.1, 0.15) is 6.54 Å². The molecule has 2 aromatic rings. The van der Waals surface area contributed by atoms with Crippen LogP contribution in [0.3, 0.4) is 0 Å². The van der Waals surface area contributed by atoms with Crippen LogP contribution in [-0.4, -0.2) is 34.5 Å². The maximum atomic E-state index is 12.0. The number of nitrogens with one attached hydrogen (secondary N) is 1. The Labute approximate surface area is 123 Å². The zero-order valence-corrected chi connectivity index (χ0v) is 12.1. The average Bonchev–Trinajstić information content (AvgIpc) is 2.91. The van der Waals surface area contributed by atoms with Crippen LogP contribution in [-0.2, 0) is 16.1 Å². The summed E-state index contributed by atoms with van der Waals surface area (Å²) in [5.41, 5.74) is 1.02. The van der Waals surface area contributed by atoms with Crippen molar-refractivity contribution in [2.24, 2.45) is 0 Å². The summed E-state index contributed by atoms with van der Waals surface area (Å²) in [6.07, 6.45) is 3.13. The number of benzene rings is 1. The molecule has 1 aromatic carbocycles. The Bertz CT molecular complexity index is 660. The number of hydrogen-bond acceptors (Lipinski definition) is 2. The molecule has 21 heavy (non-hydrogen) atoms. The van der Waals surface area contributed by atoms with Gasteiger partial charge in [-0.25, -0.2) is 0 Å². The van der Waals surface area contributed by atoms with Gasteiger partial charge in [-0.3, -0.25) is 9.59 Å². The summed E-state index contributed by atoms with van der Waals surface area (Å²) in [6.45, 7) is 6.25. The summed E-state index contributed by atoms with van der Waals surface area (Å²) in [5.74, 6) is -0.323. The molecule has 0 saturated carbocycles. The van der Waals surface area contributed by atoms with Gasteiger partial charge in [-0.1, -0.05) is 24.8 Å². The van der Waals surface area contributed by atoms with Crippen molar-refractivity contribution >= 4 is 22.7 Å². The normalized spacial score (nSPS) is 10.3. The van der Waals surface area contributed by atoms with Gasteiger partial charge in [0, 0.05) is 18.3 Å². The molecule has 0 aliphatic rings. The minimum atomic E-state index is -0.191. The van der Waals surface area contributed by atoms with Crippen LogP contribution in [0.5, 0.6) is 0 Å². The van der Waals surface area contributed by atoms with Crippen LogP contribution in [0.2, 0.25) is 0 Å². The van der Waals surface area contributed by atoms with E-state index in [-0.39, 0.29) is 25.0 Å². The number of carbonyl (C=O) groups excluding carboxylic acids is 2. The van der Waals surface area contributed by atoms with Crippen LogP contribution < -0.4 is 5.32 Å². The molecule has 1 heterocycles. The van der Waals surface area contributed by atoms with Crippen LogP contribution in [0.15, 0.2) is 49.2 Å². The van der Waals surface area contributed by atoms with Gasteiger partial charge < -0.3 is 14.8 Å². The lowest BCUT2D eigenvalue weighted by atomic mass is 10.2. The Morgan fingerprint density at radius 3 is 2.81 bits per heavy atom. The summed E-state index contributed by atoms with van der Waals surface area (Å²) in [4.78, 5) is 25.0. The predicted molar refractivity (Wildman–Crippen MR) is 82.5 cm³/mol. The number of nitrogens with zero attached hydrogens (tertiary/aromatic N) is 2. The Morgan fingerprint density at radius 1 is 1.33 bits per heavy atom. The van der Waals surface area contributed by atoms with Crippen LogP contribution in [0.25, 0.3) is 10.9 Å². The third-order valence-electron chi connectivity index (χ3n) is 3.33. The van der Waals surface area contributed by atoms with Gasteiger partial charge >= 0.3 is 0 Å².